The lowest BCUT2D eigenvalue weighted by atomic mass is 9.99. The SMILES string of the molecule is CC(C)Cc1ccc(C(=O)CCC(=O)N2CCNCC2c2nccn2C)cc1.Cl. The molecule has 29 heavy (non-hydrogen) atoms. The lowest BCUT2D eigenvalue weighted by molar-refractivity contribution is -0.134. The number of Topliss-reactive ketones (excluding diaryl/α,β-unsaturated/α-hetero) is 1. The Morgan fingerprint density at radius 2 is 1.93 bits per heavy atom. The zero-order valence-corrected chi connectivity index (χ0v) is 18.2. The number of carbonyl (C=O) groups excluding carboxylic acids is 2. The fraction of sp³-hybridized carbons (Fsp3) is 0.500. The van der Waals surface area contributed by atoms with Gasteiger partial charge in [0.1, 0.15) is 11.9 Å². The predicted octanol–water partition coefficient (Wildman–Crippen LogP) is 3.18. The molecular weight excluding hydrogens is 388 g/mol. The van der Waals surface area contributed by atoms with E-state index in [1.165, 1.54) is 5.56 Å². The summed E-state index contributed by atoms with van der Waals surface area (Å²) in [5.74, 6) is 1.49. The van der Waals surface area contributed by atoms with Crippen molar-refractivity contribution in [2.75, 3.05) is 19.6 Å². The van der Waals surface area contributed by atoms with Gasteiger partial charge < -0.3 is 14.8 Å². The lowest BCUT2D eigenvalue weighted by Crippen LogP contribution is -2.49. The zero-order valence-electron chi connectivity index (χ0n) is 17.4. The molecule has 1 atom stereocenters. The van der Waals surface area contributed by atoms with Gasteiger partial charge in [-0.25, -0.2) is 4.98 Å². The summed E-state index contributed by atoms with van der Waals surface area (Å²) < 4.78 is 1.95. The van der Waals surface area contributed by atoms with Crippen LogP contribution < -0.4 is 5.32 Å². The normalized spacial score (nSPS) is 16.6. The van der Waals surface area contributed by atoms with Crippen LogP contribution in [0.3, 0.4) is 0 Å². The Bertz CT molecular complexity index is 816. The maximum atomic E-state index is 12.8. The van der Waals surface area contributed by atoms with Crippen molar-refractivity contribution >= 4 is 24.1 Å². The fourth-order valence-corrected chi connectivity index (χ4v) is 3.74. The molecule has 1 unspecified atom stereocenters. The first-order valence-electron chi connectivity index (χ1n) is 10.0. The van der Waals surface area contributed by atoms with Gasteiger partial charge >= 0.3 is 0 Å². The molecule has 0 bridgehead atoms. The van der Waals surface area contributed by atoms with Gasteiger partial charge in [0.05, 0.1) is 0 Å². The van der Waals surface area contributed by atoms with E-state index >= 15 is 0 Å². The standard InChI is InChI=1S/C22H30N4O2.ClH/c1-16(2)14-17-4-6-18(7-5-17)20(27)8-9-21(28)26-13-10-23-15-19(26)22-24-11-12-25(22)3;/h4-7,11-12,16,19,23H,8-10,13-15H2,1-3H3;1H. The van der Waals surface area contributed by atoms with Crippen molar-refractivity contribution in [3.8, 4) is 0 Å². The molecule has 2 aromatic rings. The second-order valence-corrected chi connectivity index (χ2v) is 7.92. The number of nitrogens with zero attached hydrogens (tertiary/aromatic N) is 3. The van der Waals surface area contributed by atoms with Crippen LogP contribution in [0.15, 0.2) is 36.7 Å². The van der Waals surface area contributed by atoms with Crippen molar-refractivity contribution in [3.63, 3.8) is 0 Å². The van der Waals surface area contributed by atoms with E-state index in [0.717, 1.165) is 18.8 Å². The Labute approximate surface area is 179 Å². The van der Waals surface area contributed by atoms with Crippen LogP contribution in [0.2, 0.25) is 0 Å². The van der Waals surface area contributed by atoms with Gasteiger partial charge in [0, 0.05) is 57.5 Å². The topological polar surface area (TPSA) is 67.2 Å². The Balaban J connectivity index is 0.00000300. The molecule has 1 amide bonds. The number of hydrogen-bond donors (Lipinski definition) is 1. The number of halogens is 1. The summed E-state index contributed by atoms with van der Waals surface area (Å²) in [4.78, 5) is 31.6. The molecule has 3 rings (SSSR count). The molecule has 0 saturated carbocycles. The number of amides is 1. The van der Waals surface area contributed by atoms with E-state index in [1.54, 1.807) is 6.20 Å². The molecular formula is C22H31ClN4O2. The number of rotatable bonds is 7. The first-order valence-corrected chi connectivity index (χ1v) is 10.0. The number of benzene rings is 1. The van der Waals surface area contributed by atoms with E-state index in [0.29, 0.717) is 24.6 Å². The summed E-state index contributed by atoms with van der Waals surface area (Å²) in [6, 6.07) is 7.70. The van der Waals surface area contributed by atoms with E-state index < -0.39 is 0 Å². The van der Waals surface area contributed by atoms with Crippen molar-refractivity contribution in [2.45, 2.75) is 39.2 Å². The predicted molar refractivity (Wildman–Crippen MR) is 116 cm³/mol. The van der Waals surface area contributed by atoms with Crippen molar-refractivity contribution in [1.29, 1.82) is 0 Å². The highest BCUT2D eigenvalue weighted by atomic mass is 35.5. The van der Waals surface area contributed by atoms with Crippen LogP contribution in [0.4, 0.5) is 0 Å². The highest BCUT2D eigenvalue weighted by Gasteiger charge is 2.30. The monoisotopic (exact) mass is 418 g/mol. The van der Waals surface area contributed by atoms with Crippen LogP contribution in [0.25, 0.3) is 0 Å². The maximum Gasteiger partial charge on any atom is 0.223 e. The highest BCUT2D eigenvalue weighted by Crippen LogP contribution is 2.22. The number of carbonyl (C=O) groups is 2. The van der Waals surface area contributed by atoms with Crippen molar-refractivity contribution in [1.82, 2.24) is 19.8 Å². The van der Waals surface area contributed by atoms with Gasteiger partial charge in [-0.2, -0.15) is 0 Å². The summed E-state index contributed by atoms with van der Waals surface area (Å²) in [5, 5.41) is 3.33. The quantitative estimate of drug-likeness (QED) is 0.701. The average molecular weight is 419 g/mol. The molecule has 1 aliphatic rings. The molecule has 1 aromatic carbocycles. The summed E-state index contributed by atoms with van der Waals surface area (Å²) >= 11 is 0. The van der Waals surface area contributed by atoms with E-state index in [4.69, 9.17) is 0 Å². The third-order valence-electron chi connectivity index (χ3n) is 5.21. The summed E-state index contributed by atoms with van der Waals surface area (Å²) in [5.41, 5.74) is 1.92. The number of aromatic nitrogens is 2. The molecule has 0 spiro atoms. The van der Waals surface area contributed by atoms with Gasteiger partial charge in [-0.15, -0.1) is 12.4 Å². The lowest BCUT2D eigenvalue weighted by Gasteiger charge is -2.35. The Hall–Kier alpha value is -2.18. The van der Waals surface area contributed by atoms with Crippen LogP contribution >= 0.6 is 12.4 Å². The molecule has 2 heterocycles. The Morgan fingerprint density at radius 3 is 2.55 bits per heavy atom. The van der Waals surface area contributed by atoms with E-state index in [-0.39, 0.29) is 43.0 Å². The first kappa shape index (κ1) is 23.1. The minimum absolute atomic E-state index is 0. The van der Waals surface area contributed by atoms with Crippen LogP contribution in [-0.4, -0.2) is 45.8 Å². The number of imidazole rings is 1. The first-order chi connectivity index (χ1) is 13.5. The third kappa shape index (κ3) is 5.90. The van der Waals surface area contributed by atoms with Gasteiger partial charge in [0.15, 0.2) is 5.78 Å². The van der Waals surface area contributed by atoms with Crippen LogP contribution in [0.5, 0.6) is 0 Å². The van der Waals surface area contributed by atoms with Crippen molar-refractivity contribution in [2.24, 2.45) is 13.0 Å². The average Bonchev–Trinajstić information content (AvgIpc) is 3.11. The minimum Gasteiger partial charge on any atom is -0.336 e. The van der Waals surface area contributed by atoms with E-state index in [2.05, 4.69) is 24.1 Å². The molecule has 1 aliphatic heterocycles. The second kappa shape index (κ2) is 10.6. The summed E-state index contributed by atoms with van der Waals surface area (Å²) in [6.45, 7) is 6.44. The number of hydrogen-bond acceptors (Lipinski definition) is 4. The van der Waals surface area contributed by atoms with Gasteiger partial charge in [-0.05, 0) is 17.9 Å². The minimum atomic E-state index is -0.0910. The van der Waals surface area contributed by atoms with Crippen LogP contribution in [-0.2, 0) is 18.3 Å². The zero-order chi connectivity index (χ0) is 20.1. The summed E-state index contributed by atoms with van der Waals surface area (Å²) in [6.07, 6.45) is 5.11. The van der Waals surface area contributed by atoms with E-state index in [1.807, 2.05) is 47.0 Å². The van der Waals surface area contributed by atoms with Gasteiger partial charge in [0.2, 0.25) is 5.91 Å². The Morgan fingerprint density at radius 1 is 1.21 bits per heavy atom. The number of aryl methyl sites for hydroxylation is 1. The second-order valence-electron chi connectivity index (χ2n) is 7.92. The molecule has 0 aliphatic carbocycles. The van der Waals surface area contributed by atoms with Gasteiger partial charge in [-0.1, -0.05) is 38.1 Å². The highest BCUT2D eigenvalue weighted by molar-refractivity contribution is 5.98. The Kier molecular flexibility index (Phi) is 8.41. The molecule has 1 aromatic heterocycles. The molecule has 0 radical (unpaired) electrons. The van der Waals surface area contributed by atoms with Gasteiger partial charge in [0.25, 0.3) is 0 Å². The van der Waals surface area contributed by atoms with Gasteiger partial charge in [-0.3, -0.25) is 9.59 Å². The largest absolute Gasteiger partial charge is 0.336 e. The molecule has 6 nitrogen and oxygen atoms in total. The number of nitrogens with one attached hydrogen (secondary N) is 1. The number of ketones is 1. The smallest absolute Gasteiger partial charge is 0.223 e. The number of piperazine rings is 1. The van der Waals surface area contributed by atoms with Crippen LogP contribution in [0.1, 0.15) is 54.5 Å². The molecule has 7 heteroatoms. The maximum absolute atomic E-state index is 12.8. The molecule has 1 N–H and O–H groups in total. The molecule has 1 fully saturated rings. The van der Waals surface area contributed by atoms with Crippen LogP contribution in [0, 0.1) is 5.92 Å². The molecule has 1 saturated heterocycles. The van der Waals surface area contributed by atoms with E-state index in [9.17, 15) is 9.59 Å². The fourth-order valence-electron chi connectivity index (χ4n) is 3.74. The third-order valence-corrected chi connectivity index (χ3v) is 5.21. The molecule has 158 valence electrons. The summed E-state index contributed by atoms with van der Waals surface area (Å²) in [7, 11) is 1.94. The van der Waals surface area contributed by atoms with Crippen molar-refractivity contribution in [3.05, 3.63) is 53.6 Å². The van der Waals surface area contributed by atoms with Crippen molar-refractivity contribution < 1.29 is 9.59 Å².